The zero-order chi connectivity index (χ0) is 32.5. The van der Waals surface area contributed by atoms with E-state index >= 15 is 0 Å². The molecule has 3 amide bonds. The number of para-hydroxylation sites is 1. The first kappa shape index (κ1) is 30.8. The lowest BCUT2D eigenvalue weighted by atomic mass is 9.77. The van der Waals surface area contributed by atoms with Gasteiger partial charge in [-0.25, -0.2) is 4.68 Å². The van der Waals surface area contributed by atoms with Crippen LogP contribution in [-0.2, 0) is 35.3 Å². The van der Waals surface area contributed by atoms with E-state index in [1.807, 2.05) is 54.6 Å². The van der Waals surface area contributed by atoms with Gasteiger partial charge in [-0.15, -0.1) is 5.10 Å². The molecule has 1 aromatic heterocycles. The molecule has 2 saturated heterocycles. The number of likely N-dealkylation sites (tertiary alicyclic amines) is 1. The number of carbonyl (C=O) groups is 4. The minimum Gasteiger partial charge on any atom is -0.463 e. The van der Waals surface area contributed by atoms with Gasteiger partial charge >= 0.3 is 5.97 Å². The molecule has 2 aromatic carbocycles. The van der Waals surface area contributed by atoms with Crippen molar-refractivity contribution in [1.29, 1.82) is 0 Å². The van der Waals surface area contributed by atoms with Gasteiger partial charge in [-0.1, -0.05) is 72.0 Å². The number of aliphatic hydroxyl groups is 1. The van der Waals surface area contributed by atoms with Gasteiger partial charge in [0.2, 0.25) is 11.8 Å². The van der Waals surface area contributed by atoms with Gasteiger partial charge in [-0.05, 0) is 30.5 Å². The zero-order valence-corrected chi connectivity index (χ0v) is 25.7. The molecule has 7 rings (SSSR count). The first-order valence-electron chi connectivity index (χ1n) is 15.9. The molecule has 1 spiro atoms. The summed E-state index contributed by atoms with van der Waals surface area (Å²) in [6.45, 7) is 0.161. The van der Waals surface area contributed by atoms with Crippen LogP contribution < -0.4 is 5.32 Å². The lowest BCUT2D eigenvalue weighted by molar-refractivity contribution is -0.149. The first-order valence-corrected chi connectivity index (χ1v) is 15.9. The van der Waals surface area contributed by atoms with Crippen molar-refractivity contribution in [2.45, 2.75) is 49.7 Å². The molecule has 0 aliphatic carbocycles. The van der Waals surface area contributed by atoms with Crippen molar-refractivity contribution in [2.24, 2.45) is 11.8 Å². The molecular weight excluding hydrogens is 604 g/mol. The maximum Gasteiger partial charge on any atom is 0.306 e. The smallest absolute Gasteiger partial charge is 0.306 e. The first-order chi connectivity index (χ1) is 22.9. The van der Waals surface area contributed by atoms with Crippen LogP contribution in [0.15, 0.2) is 78.9 Å². The van der Waals surface area contributed by atoms with Crippen LogP contribution in [0.3, 0.4) is 0 Å². The Morgan fingerprint density at radius 1 is 1.00 bits per heavy atom. The summed E-state index contributed by atoms with van der Waals surface area (Å²) < 4.78 is 13.9. The summed E-state index contributed by atoms with van der Waals surface area (Å²) in [6.07, 6.45) is 6.94. The third kappa shape index (κ3) is 5.48. The van der Waals surface area contributed by atoms with Crippen molar-refractivity contribution in [3.8, 4) is 0 Å². The van der Waals surface area contributed by atoms with E-state index in [9.17, 15) is 24.3 Å². The number of rotatable bonds is 6. The Kier molecular flexibility index (Phi) is 8.33. The van der Waals surface area contributed by atoms with E-state index in [0.717, 1.165) is 11.1 Å². The number of aliphatic hydroxyl groups excluding tert-OH is 1. The van der Waals surface area contributed by atoms with Crippen molar-refractivity contribution < 1.29 is 33.8 Å². The van der Waals surface area contributed by atoms with Crippen LogP contribution in [-0.4, -0.2) is 97.6 Å². The van der Waals surface area contributed by atoms with Crippen molar-refractivity contribution >= 4 is 34.7 Å². The van der Waals surface area contributed by atoms with Crippen LogP contribution in [0.5, 0.6) is 0 Å². The van der Waals surface area contributed by atoms with Crippen LogP contribution in [0, 0.1) is 11.8 Å². The van der Waals surface area contributed by atoms with Crippen molar-refractivity contribution in [2.75, 3.05) is 26.3 Å². The standard InChI is InChI=1S/C34H36N6O7/c41-19-9-18-39-30-33(45)38(21-40-25-13-5-4-12-23(25)36-37-40)17-8-16-34(30)29(32(39)44)28-26(47-34)14-6-7-15-27(42)46-20-24(35-31(28)43)22-10-2-1-3-11-22/h1-6,8,10-14,16,24,26,28-30,41H,7,9,15,17-21H2,(H,35,43)/b14-6-/t24-,26+,28-,29-,30+,34-/m0/s1. The number of aromatic nitrogens is 3. The predicted octanol–water partition coefficient (Wildman–Crippen LogP) is 1.50. The Morgan fingerprint density at radius 2 is 1.81 bits per heavy atom. The number of cyclic esters (lactones) is 1. The van der Waals surface area contributed by atoms with Crippen LogP contribution in [0.25, 0.3) is 11.0 Å². The molecule has 47 heavy (non-hydrogen) atoms. The van der Waals surface area contributed by atoms with Crippen LogP contribution >= 0.6 is 0 Å². The van der Waals surface area contributed by atoms with Crippen LogP contribution in [0.1, 0.15) is 30.9 Å². The predicted molar refractivity (Wildman–Crippen MR) is 167 cm³/mol. The molecule has 3 aromatic rings. The van der Waals surface area contributed by atoms with Gasteiger partial charge in [0, 0.05) is 26.1 Å². The SMILES string of the molecule is O=C1CC/C=C\[C@H]2O[C@]34C=CCN(Cn5nnc6ccccc65)C(=O)[C@H]3N(CCCO)C(=O)[C@@H]4[C@H]2C(=O)N[C@H](c2ccccc2)CO1. The average Bonchev–Trinajstić information content (AvgIpc) is 3.67. The number of esters is 1. The largest absolute Gasteiger partial charge is 0.463 e. The fourth-order valence-electron chi connectivity index (χ4n) is 7.28. The van der Waals surface area contributed by atoms with Crippen LogP contribution in [0.4, 0.5) is 0 Å². The Morgan fingerprint density at radius 3 is 2.64 bits per heavy atom. The lowest BCUT2D eigenvalue weighted by Crippen LogP contribution is -2.55. The normalized spacial score (nSPS) is 30.1. The number of amides is 3. The number of allylic oxidation sites excluding steroid dienone is 1. The second kappa shape index (κ2) is 12.7. The maximum absolute atomic E-state index is 14.6. The topological polar surface area (TPSA) is 156 Å². The van der Waals surface area contributed by atoms with E-state index in [-0.39, 0.29) is 57.6 Å². The Hall–Kier alpha value is -4.88. The molecule has 0 unspecified atom stereocenters. The Bertz CT molecular complexity index is 1740. The molecule has 4 aliphatic rings. The third-order valence-corrected chi connectivity index (χ3v) is 9.43. The Balaban J connectivity index is 1.26. The molecule has 5 heterocycles. The maximum atomic E-state index is 14.6. The Labute approximate surface area is 270 Å². The van der Waals surface area contributed by atoms with Gasteiger partial charge in [-0.2, -0.15) is 0 Å². The van der Waals surface area contributed by atoms with Gasteiger partial charge in [0.05, 0.1) is 29.5 Å². The average molecular weight is 641 g/mol. The van der Waals surface area contributed by atoms with E-state index in [2.05, 4.69) is 15.6 Å². The molecule has 13 heteroatoms. The summed E-state index contributed by atoms with van der Waals surface area (Å²) >= 11 is 0. The van der Waals surface area contributed by atoms with Gasteiger partial charge in [-0.3, -0.25) is 19.2 Å². The summed E-state index contributed by atoms with van der Waals surface area (Å²) in [5, 5.41) is 21.2. The minimum atomic E-state index is -1.45. The van der Waals surface area contributed by atoms with E-state index in [0.29, 0.717) is 11.9 Å². The van der Waals surface area contributed by atoms with E-state index in [4.69, 9.17) is 9.47 Å². The third-order valence-electron chi connectivity index (χ3n) is 9.43. The molecule has 0 saturated carbocycles. The van der Waals surface area contributed by atoms with E-state index in [1.54, 1.807) is 33.9 Å². The summed E-state index contributed by atoms with van der Waals surface area (Å²) in [4.78, 5) is 58.8. The molecule has 244 valence electrons. The van der Waals surface area contributed by atoms with Crippen LogP contribution in [0.2, 0.25) is 0 Å². The molecule has 2 fully saturated rings. The van der Waals surface area contributed by atoms with E-state index in [1.165, 1.54) is 4.90 Å². The number of fused-ring (bicyclic) bond motifs is 3. The van der Waals surface area contributed by atoms with Crippen molar-refractivity contribution in [1.82, 2.24) is 30.1 Å². The van der Waals surface area contributed by atoms with Gasteiger partial charge in [0.1, 0.15) is 30.4 Å². The highest BCUT2D eigenvalue weighted by atomic mass is 16.5. The zero-order valence-electron chi connectivity index (χ0n) is 25.7. The fourth-order valence-corrected chi connectivity index (χ4v) is 7.28. The fraction of sp³-hybridized carbons (Fsp3) is 0.412. The molecular formula is C34H36N6O7. The molecule has 4 aliphatic heterocycles. The lowest BCUT2D eigenvalue weighted by Gasteiger charge is -2.35. The highest BCUT2D eigenvalue weighted by Gasteiger charge is 2.71. The molecule has 6 atom stereocenters. The summed E-state index contributed by atoms with van der Waals surface area (Å²) in [5.74, 6) is -3.58. The molecule has 13 nitrogen and oxygen atoms in total. The summed E-state index contributed by atoms with van der Waals surface area (Å²) in [6, 6.07) is 14.9. The second-order valence-electron chi connectivity index (χ2n) is 12.3. The number of hydrogen-bond donors (Lipinski definition) is 2. The molecule has 0 bridgehead atoms. The van der Waals surface area contributed by atoms with E-state index < -0.39 is 47.5 Å². The summed E-state index contributed by atoms with van der Waals surface area (Å²) in [7, 11) is 0. The number of ether oxygens (including phenoxy) is 2. The quantitative estimate of drug-likeness (QED) is 0.301. The number of nitrogens with zero attached hydrogens (tertiary/aromatic N) is 5. The number of carbonyl (C=O) groups excluding carboxylic acids is 4. The van der Waals surface area contributed by atoms with Gasteiger partial charge in [0.25, 0.3) is 5.91 Å². The second-order valence-corrected chi connectivity index (χ2v) is 12.3. The minimum absolute atomic E-state index is 0.0735. The summed E-state index contributed by atoms with van der Waals surface area (Å²) in [5.41, 5.74) is 0.740. The van der Waals surface area contributed by atoms with Gasteiger partial charge < -0.3 is 29.7 Å². The van der Waals surface area contributed by atoms with Gasteiger partial charge in [0.15, 0.2) is 0 Å². The van der Waals surface area contributed by atoms with Crippen molar-refractivity contribution in [3.63, 3.8) is 0 Å². The number of nitrogens with one attached hydrogen (secondary N) is 1. The van der Waals surface area contributed by atoms with Crippen molar-refractivity contribution in [3.05, 3.63) is 84.5 Å². The highest BCUT2D eigenvalue weighted by molar-refractivity contribution is 5.99. The molecule has 2 N–H and O–H groups in total. The number of benzene rings is 2. The highest BCUT2D eigenvalue weighted by Crippen LogP contribution is 2.53. The monoisotopic (exact) mass is 640 g/mol. The number of hydrogen-bond acceptors (Lipinski definition) is 9. The molecule has 0 radical (unpaired) electrons.